The molecular weight excluding hydrogens is 342 g/mol. The van der Waals surface area contributed by atoms with E-state index in [2.05, 4.69) is 9.97 Å². The van der Waals surface area contributed by atoms with E-state index < -0.39 is 0 Å². The number of nitrogens with zero attached hydrogens (tertiary/aromatic N) is 3. The van der Waals surface area contributed by atoms with Gasteiger partial charge in [0, 0.05) is 30.9 Å². The molecule has 1 aromatic carbocycles. The van der Waals surface area contributed by atoms with Crippen molar-refractivity contribution in [3.63, 3.8) is 0 Å². The van der Waals surface area contributed by atoms with Crippen LogP contribution in [0.5, 0.6) is 17.5 Å². The number of ether oxygens (including phenoxy) is 2. The number of hydrogen-bond donors (Lipinski definition) is 0. The molecule has 0 amide bonds. The minimum atomic E-state index is -0.224. The van der Waals surface area contributed by atoms with Crippen LogP contribution in [0.2, 0.25) is 0 Å². The molecular formula is C21H23N3O3. The molecule has 0 aliphatic rings. The Morgan fingerprint density at radius 2 is 1.81 bits per heavy atom. The van der Waals surface area contributed by atoms with Crippen molar-refractivity contribution in [3.8, 4) is 17.5 Å². The highest BCUT2D eigenvalue weighted by molar-refractivity contribution is 5.32. The Labute approximate surface area is 158 Å². The van der Waals surface area contributed by atoms with Crippen LogP contribution in [0.15, 0.2) is 53.6 Å². The molecule has 3 aromatic rings. The molecule has 0 atom stereocenters. The van der Waals surface area contributed by atoms with E-state index in [1.807, 2.05) is 57.3 Å². The van der Waals surface area contributed by atoms with Gasteiger partial charge in [0.1, 0.15) is 11.5 Å². The van der Waals surface area contributed by atoms with Gasteiger partial charge in [-0.2, -0.15) is 4.98 Å². The fourth-order valence-corrected chi connectivity index (χ4v) is 2.59. The van der Waals surface area contributed by atoms with Gasteiger partial charge >= 0.3 is 0 Å². The average Bonchev–Trinajstić information content (AvgIpc) is 2.67. The fourth-order valence-electron chi connectivity index (χ4n) is 2.59. The van der Waals surface area contributed by atoms with Crippen molar-refractivity contribution in [1.82, 2.24) is 14.5 Å². The molecule has 0 saturated heterocycles. The smallest absolute Gasteiger partial charge is 0.299 e. The molecule has 0 fully saturated rings. The topological polar surface area (TPSA) is 66.2 Å². The zero-order valence-electron chi connectivity index (χ0n) is 15.8. The van der Waals surface area contributed by atoms with Gasteiger partial charge < -0.3 is 14.0 Å². The molecule has 0 radical (unpaired) electrons. The van der Waals surface area contributed by atoms with Crippen molar-refractivity contribution in [2.45, 2.75) is 26.7 Å². The van der Waals surface area contributed by atoms with Crippen molar-refractivity contribution in [1.29, 1.82) is 0 Å². The third-order valence-electron chi connectivity index (χ3n) is 4.17. The normalized spacial score (nSPS) is 10.6. The molecule has 0 N–H and O–H groups in total. The van der Waals surface area contributed by atoms with E-state index in [-0.39, 0.29) is 5.56 Å². The van der Waals surface area contributed by atoms with Crippen LogP contribution in [0, 0.1) is 6.92 Å². The van der Waals surface area contributed by atoms with Crippen LogP contribution in [0.4, 0.5) is 0 Å². The highest BCUT2D eigenvalue weighted by atomic mass is 16.5. The summed E-state index contributed by atoms with van der Waals surface area (Å²) in [5.41, 5.74) is 2.52. The van der Waals surface area contributed by atoms with Crippen molar-refractivity contribution in [2.75, 3.05) is 6.61 Å². The molecule has 140 valence electrons. The molecule has 0 unspecified atom stereocenters. The number of hydrogen-bond acceptors (Lipinski definition) is 5. The van der Waals surface area contributed by atoms with Crippen molar-refractivity contribution in [2.24, 2.45) is 7.05 Å². The summed E-state index contributed by atoms with van der Waals surface area (Å²) in [6.07, 6.45) is 4.85. The molecule has 6 heteroatoms. The summed E-state index contributed by atoms with van der Waals surface area (Å²) >= 11 is 0. The molecule has 6 nitrogen and oxygen atoms in total. The van der Waals surface area contributed by atoms with E-state index in [4.69, 9.17) is 9.47 Å². The summed E-state index contributed by atoms with van der Waals surface area (Å²) in [5, 5.41) is 0. The predicted octanol–water partition coefficient (Wildman–Crippen LogP) is 3.46. The monoisotopic (exact) mass is 365 g/mol. The third-order valence-corrected chi connectivity index (χ3v) is 4.17. The van der Waals surface area contributed by atoms with E-state index in [1.54, 1.807) is 17.0 Å². The second-order valence-corrected chi connectivity index (χ2v) is 6.30. The van der Waals surface area contributed by atoms with Crippen LogP contribution in [-0.4, -0.2) is 21.1 Å². The van der Waals surface area contributed by atoms with Crippen LogP contribution in [0.1, 0.15) is 23.7 Å². The van der Waals surface area contributed by atoms with Gasteiger partial charge in [-0.15, -0.1) is 0 Å². The zero-order chi connectivity index (χ0) is 19.2. The molecule has 27 heavy (non-hydrogen) atoms. The van der Waals surface area contributed by atoms with E-state index in [9.17, 15) is 4.79 Å². The first-order chi connectivity index (χ1) is 13.0. The second-order valence-electron chi connectivity index (χ2n) is 6.30. The SMILES string of the molecule is CCc1cn(C)c(OCCc2ccc(Oc3ccc(C)nc3)cc2)nc1=O. The first-order valence-corrected chi connectivity index (χ1v) is 8.94. The highest BCUT2D eigenvalue weighted by Gasteiger charge is 2.06. The van der Waals surface area contributed by atoms with E-state index >= 15 is 0 Å². The molecule has 3 rings (SSSR count). The Kier molecular flexibility index (Phi) is 5.86. The number of benzene rings is 1. The maximum absolute atomic E-state index is 11.8. The van der Waals surface area contributed by atoms with Gasteiger partial charge in [0.05, 0.1) is 12.8 Å². The molecule has 0 bridgehead atoms. The van der Waals surface area contributed by atoms with Crippen LogP contribution >= 0.6 is 0 Å². The minimum Gasteiger partial charge on any atom is -0.464 e. The quantitative estimate of drug-likeness (QED) is 0.641. The number of rotatable bonds is 7. The second kappa shape index (κ2) is 8.49. The molecule has 0 saturated carbocycles. The predicted molar refractivity (Wildman–Crippen MR) is 104 cm³/mol. The third kappa shape index (κ3) is 4.94. The summed E-state index contributed by atoms with van der Waals surface area (Å²) in [5.74, 6) is 1.46. The number of pyridine rings is 1. The van der Waals surface area contributed by atoms with E-state index in [1.165, 1.54) is 0 Å². The summed E-state index contributed by atoms with van der Waals surface area (Å²) in [4.78, 5) is 20.1. The van der Waals surface area contributed by atoms with Crippen molar-refractivity contribution < 1.29 is 9.47 Å². The molecule has 0 aliphatic carbocycles. The Bertz CT molecular complexity index is 948. The molecule has 2 heterocycles. The summed E-state index contributed by atoms with van der Waals surface area (Å²) in [6.45, 7) is 4.31. The van der Waals surface area contributed by atoms with Gasteiger partial charge in [-0.3, -0.25) is 9.78 Å². The Balaban J connectivity index is 1.55. The lowest BCUT2D eigenvalue weighted by atomic mass is 10.1. The van der Waals surface area contributed by atoms with Crippen molar-refractivity contribution in [3.05, 3.63) is 76.0 Å². The van der Waals surface area contributed by atoms with Crippen LogP contribution in [0.3, 0.4) is 0 Å². The Hall–Kier alpha value is -3.15. The molecule has 0 spiro atoms. The maximum Gasteiger partial charge on any atom is 0.299 e. The van der Waals surface area contributed by atoms with Crippen molar-refractivity contribution >= 4 is 0 Å². The lowest BCUT2D eigenvalue weighted by Gasteiger charge is -2.10. The first kappa shape index (κ1) is 18.6. The van der Waals surface area contributed by atoms with Gasteiger partial charge in [0.15, 0.2) is 0 Å². The summed E-state index contributed by atoms with van der Waals surface area (Å²) < 4.78 is 13.2. The number of aromatic nitrogens is 3. The number of aryl methyl sites for hydroxylation is 3. The Morgan fingerprint density at radius 1 is 1.07 bits per heavy atom. The molecule has 0 aliphatic heterocycles. The lowest BCUT2D eigenvalue weighted by Crippen LogP contribution is -2.19. The van der Waals surface area contributed by atoms with E-state index in [0.29, 0.717) is 36.8 Å². The van der Waals surface area contributed by atoms with Crippen LogP contribution in [-0.2, 0) is 19.9 Å². The fraction of sp³-hybridized carbons (Fsp3) is 0.286. The molecule has 2 aromatic heterocycles. The van der Waals surface area contributed by atoms with Gasteiger partial charge in [-0.25, -0.2) is 0 Å². The van der Waals surface area contributed by atoms with Gasteiger partial charge in [-0.1, -0.05) is 19.1 Å². The first-order valence-electron chi connectivity index (χ1n) is 8.94. The van der Waals surface area contributed by atoms with Crippen LogP contribution < -0.4 is 15.0 Å². The maximum atomic E-state index is 11.8. The largest absolute Gasteiger partial charge is 0.464 e. The van der Waals surface area contributed by atoms with E-state index in [0.717, 1.165) is 17.0 Å². The Morgan fingerprint density at radius 3 is 2.48 bits per heavy atom. The lowest BCUT2D eigenvalue weighted by molar-refractivity contribution is 0.281. The van der Waals surface area contributed by atoms with Crippen LogP contribution in [0.25, 0.3) is 0 Å². The van der Waals surface area contributed by atoms with Gasteiger partial charge in [-0.05, 0) is 43.2 Å². The standard InChI is InChI=1S/C21H23N3O3/c1-4-17-14-24(3)21(23-20(17)25)26-12-11-16-6-9-18(10-7-16)27-19-8-5-15(2)22-13-19/h5-10,13-14H,4,11-12H2,1-3H3. The summed E-state index contributed by atoms with van der Waals surface area (Å²) in [7, 11) is 1.83. The zero-order valence-corrected chi connectivity index (χ0v) is 15.8. The summed E-state index contributed by atoms with van der Waals surface area (Å²) in [6, 6.07) is 12.0. The van der Waals surface area contributed by atoms with Gasteiger partial charge in [0.25, 0.3) is 11.6 Å². The average molecular weight is 365 g/mol. The highest BCUT2D eigenvalue weighted by Crippen LogP contribution is 2.21. The minimum absolute atomic E-state index is 0.224. The van der Waals surface area contributed by atoms with Gasteiger partial charge in [0.2, 0.25) is 0 Å².